The van der Waals surface area contributed by atoms with E-state index in [1.54, 1.807) is 24.3 Å². The average Bonchev–Trinajstić information content (AvgIpc) is 3.12. The topological polar surface area (TPSA) is 200 Å². The lowest BCUT2D eigenvalue weighted by Crippen LogP contribution is -2.55. The van der Waals surface area contributed by atoms with Crippen LogP contribution >= 0.6 is 0 Å². The summed E-state index contributed by atoms with van der Waals surface area (Å²) in [4.78, 5) is 61.3. The minimum atomic E-state index is -3.03. The normalized spacial score (nSPS) is 13.5. The first-order chi connectivity index (χ1) is 25.5. The Morgan fingerprint density at radius 2 is 1.43 bits per heavy atom. The summed E-state index contributed by atoms with van der Waals surface area (Å²) >= 11 is 0. The van der Waals surface area contributed by atoms with Crippen LogP contribution in [-0.2, 0) is 36.9 Å². The molecule has 12 heteroatoms. The molecule has 292 valence electrons. The molecule has 0 radical (unpaired) electrons. The quantitative estimate of drug-likeness (QED) is 0.0400. The van der Waals surface area contributed by atoms with E-state index in [2.05, 4.69) is 17.6 Å². The molecule has 53 heavy (non-hydrogen) atoms. The molecule has 0 heterocycles. The molecule has 0 aliphatic heterocycles. The second kappa shape index (κ2) is 25.4. The molecule has 0 spiro atoms. The lowest BCUT2D eigenvalue weighted by molar-refractivity contribution is -0.172. The van der Waals surface area contributed by atoms with Crippen LogP contribution in [0.15, 0.2) is 66.7 Å². The van der Waals surface area contributed by atoms with Gasteiger partial charge in [0.15, 0.2) is 5.60 Å². The molecule has 2 rings (SSSR count). The van der Waals surface area contributed by atoms with Crippen molar-refractivity contribution in [1.82, 2.24) is 10.6 Å². The van der Waals surface area contributed by atoms with Gasteiger partial charge in [-0.05, 0) is 61.9 Å². The SMILES string of the molecule is CCCCCCCC(=O)CCCCCC/C=C/C(C(=O)NC(Cc1ccc(OCCCNCc2ccccc2)cc1)C(=O)O)C(O)(CC(=O)O)C(=O)O. The van der Waals surface area contributed by atoms with E-state index in [1.165, 1.54) is 18.1 Å². The molecule has 0 saturated heterocycles. The number of allylic oxidation sites excluding steroid dienone is 1. The van der Waals surface area contributed by atoms with Gasteiger partial charge in [0, 0.05) is 25.8 Å². The van der Waals surface area contributed by atoms with Gasteiger partial charge in [0.1, 0.15) is 17.6 Å². The van der Waals surface area contributed by atoms with Crippen LogP contribution in [0, 0.1) is 5.92 Å². The summed E-state index contributed by atoms with van der Waals surface area (Å²) in [5, 5.41) is 45.7. The van der Waals surface area contributed by atoms with Crippen molar-refractivity contribution < 1.29 is 49.1 Å². The highest BCUT2D eigenvalue weighted by molar-refractivity contribution is 5.94. The number of carboxylic acids is 3. The number of benzene rings is 2. The van der Waals surface area contributed by atoms with E-state index in [0.717, 1.165) is 70.5 Å². The van der Waals surface area contributed by atoms with Gasteiger partial charge in [0.05, 0.1) is 18.9 Å². The largest absolute Gasteiger partial charge is 0.494 e. The molecule has 0 bridgehead atoms. The number of unbranched alkanes of at least 4 members (excludes halogenated alkanes) is 8. The Morgan fingerprint density at radius 1 is 0.792 bits per heavy atom. The van der Waals surface area contributed by atoms with E-state index in [9.17, 15) is 44.4 Å². The summed E-state index contributed by atoms with van der Waals surface area (Å²) in [5.74, 6) is -7.12. The molecule has 0 saturated carbocycles. The van der Waals surface area contributed by atoms with E-state index in [4.69, 9.17) is 4.74 Å². The molecular weight excluding hydrogens is 680 g/mol. The third-order valence-corrected chi connectivity index (χ3v) is 8.97. The van der Waals surface area contributed by atoms with Crippen molar-refractivity contribution in [2.75, 3.05) is 13.2 Å². The first-order valence-electron chi connectivity index (χ1n) is 18.8. The van der Waals surface area contributed by atoms with Crippen molar-refractivity contribution >= 4 is 29.6 Å². The average molecular weight is 739 g/mol. The first kappa shape index (κ1) is 44.6. The monoisotopic (exact) mass is 738 g/mol. The summed E-state index contributed by atoms with van der Waals surface area (Å²) in [5.41, 5.74) is -1.28. The highest BCUT2D eigenvalue weighted by atomic mass is 16.5. The molecule has 3 atom stereocenters. The van der Waals surface area contributed by atoms with E-state index in [-0.39, 0.29) is 12.2 Å². The predicted molar refractivity (Wildman–Crippen MR) is 202 cm³/mol. The zero-order valence-electron chi connectivity index (χ0n) is 31.0. The number of nitrogens with one attached hydrogen (secondary N) is 2. The van der Waals surface area contributed by atoms with Gasteiger partial charge in [-0.15, -0.1) is 0 Å². The molecule has 2 aromatic carbocycles. The number of carbonyl (C=O) groups is 5. The zero-order chi connectivity index (χ0) is 38.9. The molecule has 0 aromatic heterocycles. The third kappa shape index (κ3) is 18.2. The van der Waals surface area contributed by atoms with Crippen LogP contribution in [0.25, 0.3) is 0 Å². The summed E-state index contributed by atoms with van der Waals surface area (Å²) in [7, 11) is 0. The highest BCUT2D eigenvalue weighted by Gasteiger charge is 2.49. The number of carbonyl (C=O) groups excluding carboxylic acids is 2. The molecule has 0 fully saturated rings. The molecule has 0 aliphatic rings. The van der Waals surface area contributed by atoms with Gasteiger partial charge < -0.3 is 35.8 Å². The minimum absolute atomic E-state index is 0.160. The minimum Gasteiger partial charge on any atom is -0.494 e. The number of aliphatic carboxylic acids is 3. The predicted octanol–water partition coefficient (Wildman–Crippen LogP) is 6.09. The number of Topliss-reactive ketones (excluding diaryl/α,β-unsaturated/α-hetero) is 1. The van der Waals surface area contributed by atoms with Crippen LogP contribution in [0.1, 0.15) is 108 Å². The van der Waals surface area contributed by atoms with Gasteiger partial charge in [-0.25, -0.2) is 9.59 Å². The Kier molecular flexibility index (Phi) is 21.4. The molecule has 0 aliphatic carbocycles. The highest BCUT2D eigenvalue weighted by Crippen LogP contribution is 2.26. The van der Waals surface area contributed by atoms with Crippen molar-refractivity contribution in [3.05, 3.63) is 77.9 Å². The van der Waals surface area contributed by atoms with Crippen LogP contribution in [0.4, 0.5) is 0 Å². The fourth-order valence-corrected chi connectivity index (χ4v) is 5.87. The maximum absolute atomic E-state index is 13.4. The van der Waals surface area contributed by atoms with Crippen molar-refractivity contribution in [2.45, 2.75) is 121 Å². The number of amides is 1. The Bertz CT molecular complexity index is 1430. The van der Waals surface area contributed by atoms with Gasteiger partial charge in [0.25, 0.3) is 0 Å². The fourth-order valence-electron chi connectivity index (χ4n) is 5.87. The standard InChI is InChI=1S/C41H58N2O10/c1-2-3-4-7-13-19-33(44)20-14-8-5-6-9-15-21-35(41(52,40(50)51)29-37(45)46)38(47)43-36(39(48)49)28-31-22-24-34(25-23-31)53-27-16-26-42-30-32-17-11-10-12-18-32/h10-12,15,17-18,21-25,35-36,42,52H,2-9,13-14,16,19-20,26-30H2,1H3,(H,43,47)(H,45,46)(H,48,49)(H,50,51)/b21-15+. The lowest BCUT2D eigenvalue weighted by atomic mass is 9.82. The zero-order valence-corrected chi connectivity index (χ0v) is 31.0. The fraction of sp³-hybridized carbons (Fsp3) is 0.537. The summed E-state index contributed by atoms with van der Waals surface area (Å²) < 4.78 is 5.78. The molecule has 6 N–H and O–H groups in total. The Labute approximate surface area is 313 Å². The van der Waals surface area contributed by atoms with Crippen LogP contribution < -0.4 is 15.4 Å². The summed E-state index contributed by atoms with van der Waals surface area (Å²) in [6, 6.07) is 15.2. The second-order valence-electron chi connectivity index (χ2n) is 13.5. The first-order valence-corrected chi connectivity index (χ1v) is 18.8. The maximum atomic E-state index is 13.4. The van der Waals surface area contributed by atoms with E-state index in [0.29, 0.717) is 43.6 Å². The van der Waals surface area contributed by atoms with Crippen LogP contribution in [0.5, 0.6) is 5.75 Å². The van der Waals surface area contributed by atoms with Crippen LogP contribution in [0.2, 0.25) is 0 Å². The molecule has 2 aromatic rings. The maximum Gasteiger partial charge on any atom is 0.337 e. The van der Waals surface area contributed by atoms with Gasteiger partial charge in [-0.3, -0.25) is 14.4 Å². The van der Waals surface area contributed by atoms with Crippen LogP contribution in [0.3, 0.4) is 0 Å². The summed E-state index contributed by atoms with van der Waals surface area (Å²) in [6.45, 7) is 4.13. The number of ether oxygens (including phenoxy) is 1. The lowest BCUT2D eigenvalue weighted by Gasteiger charge is -2.29. The van der Waals surface area contributed by atoms with E-state index < -0.39 is 47.8 Å². The van der Waals surface area contributed by atoms with E-state index in [1.807, 2.05) is 30.3 Å². The molecule has 1 amide bonds. The number of rotatable bonds is 30. The number of aliphatic hydroxyl groups is 1. The molecular formula is C41H58N2O10. The van der Waals surface area contributed by atoms with Gasteiger partial charge in [-0.1, -0.05) is 100 Å². The second-order valence-corrected chi connectivity index (χ2v) is 13.5. The van der Waals surface area contributed by atoms with Gasteiger partial charge in [0.2, 0.25) is 5.91 Å². The van der Waals surface area contributed by atoms with Crippen molar-refractivity contribution in [1.29, 1.82) is 0 Å². The molecule has 12 nitrogen and oxygen atoms in total. The Hall–Kier alpha value is -4.55. The Morgan fingerprint density at radius 3 is 2.04 bits per heavy atom. The number of carboxylic acid groups (broad SMARTS) is 3. The number of hydrogen-bond acceptors (Lipinski definition) is 8. The van der Waals surface area contributed by atoms with Gasteiger partial charge in [-0.2, -0.15) is 0 Å². The van der Waals surface area contributed by atoms with Crippen molar-refractivity contribution in [3.8, 4) is 5.75 Å². The third-order valence-electron chi connectivity index (χ3n) is 8.97. The van der Waals surface area contributed by atoms with Crippen LogP contribution in [-0.4, -0.2) is 74.8 Å². The Balaban J connectivity index is 1.91. The van der Waals surface area contributed by atoms with Crippen molar-refractivity contribution in [2.24, 2.45) is 5.92 Å². The van der Waals surface area contributed by atoms with Crippen molar-refractivity contribution in [3.63, 3.8) is 0 Å². The van der Waals surface area contributed by atoms with Gasteiger partial charge >= 0.3 is 17.9 Å². The molecule has 3 unspecified atom stereocenters. The smallest absolute Gasteiger partial charge is 0.337 e. The summed E-state index contributed by atoms with van der Waals surface area (Å²) in [6.07, 6.45) is 12.0. The number of hydrogen-bond donors (Lipinski definition) is 6. The number of ketones is 1. The van der Waals surface area contributed by atoms with E-state index >= 15 is 0 Å².